The summed E-state index contributed by atoms with van der Waals surface area (Å²) in [6.07, 6.45) is -0.260. The van der Waals surface area contributed by atoms with Crippen molar-refractivity contribution in [1.82, 2.24) is 0 Å². The van der Waals surface area contributed by atoms with Gasteiger partial charge in [0.05, 0.1) is 0 Å². The molecular formula is C14H21F. The van der Waals surface area contributed by atoms with Crippen LogP contribution in [-0.2, 0) is 0 Å². The first-order valence-electron chi connectivity index (χ1n) is 5.72. The zero-order valence-electron chi connectivity index (χ0n) is 10.4. The van der Waals surface area contributed by atoms with Gasteiger partial charge in [0.1, 0.15) is 6.17 Å². The maximum atomic E-state index is 13.7. The Kier molecular flexibility index (Phi) is 3.90. The first-order valence-corrected chi connectivity index (χ1v) is 5.72. The third-order valence-electron chi connectivity index (χ3n) is 3.09. The monoisotopic (exact) mass is 208 g/mol. The van der Waals surface area contributed by atoms with Crippen LogP contribution in [0.5, 0.6) is 0 Å². The van der Waals surface area contributed by atoms with E-state index < -0.39 is 6.17 Å². The van der Waals surface area contributed by atoms with Crippen molar-refractivity contribution in [2.24, 2.45) is 0 Å². The van der Waals surface area contributed by atoms with E-state index in [4.69, 9.17) is 0 Å². The van der Waals surface area contributed by atoms with Gasteiger partial charge in [-0.3, -0.25) is 0 Å². The molecule has 0 aliphatic heterocycles. The van der Waals surface area contributed by atoms with E-state index in [0.717, 1.165) is 11.1 Å². The van der Waals surface area contributed by atoms with Crippen molar-refractivity contribution in [3.8, 4) is 0 Å². The van der Waals surface area contributed by atoms with Gasteiger partial charge >= 0.3 is 0 Å². The summed E-state index contributed by atoms with van der Waals surface area (Å²) in [6.45, 7) is 10.3. The van der Waals surface area contributed by atoms with Gasteiger partial charge in [0.2, 0.25) is 0 Å². The normalized spacial score (nSPS) is 13.3. The van der Waals surface area contributed by atoms with Crippen LogP contribution in [-0.4, -0.2) is 0 Å². The number of aryl methyl sites for hydroxylation is 1. The van der Waals surface area contributed by atoms with E-state index in [-0.39, 0.29) is 0 Å². The zero-order chi connectivity index (χ0) is 11.6. The Morgan fingerprint density at radius 1 is 1.20 bits per heavy atom. The molecule has 0 spiro atoms. The van der Waals surface area contributed by atoms with Crippen molar-refractivity contribution in [2.45, 2.75) is 53.1 Å². The molecule has 0 amide bonds. The minimum absolute atomic E-state index is 0.465. The molecule has 1 unspecified atom stereocenters. The van der Waals surface area contributed by atoms with Crippen LogP contribution in [0.1, 0.15) is 61.5 Å². The highest BCUT2D eigenvalue weighted by atomic mass is 19.1. The van der Waals surface area contributed by atoms with Gasteiger partial charge in [0, 0.05) is 0 Å². The molecule has 84 valence electrons. The fourth-order valence-electron chi connectivity index (χ4n) is 1.79. The summed E-state index contributed by atoms with van der Waals surface area (Å²) >= 11 is 0. The molecule has 0 bridgehead atoms. The van der Waals surface area contributed by atoms with Gasteiger partial charge in [0.25, 0.3) is 0 Å². The SMILES string of the molecule is CCC(F)c1cc(C(C)C)cc(C)c1C. The highest BCUT2D eigenvalue weighted by Crippen LogP contribution is 2.29. The average Bonchev–Trinajstić information content (AvgIpc) is 2.20. The van der Waals surface area contributed by atoms with E-state index in [0.29, 0.717) is 12.3 Å². The molecule has 0 heterocycles. The van der Waals surface area contributed by atoms with Crippen LogP contribution in [0.25, 0.3) is 0 Å². The molecule has 0 aliphatic rings. The van der Waals surface area contributed by atoms with Gasteiger partial charge < -0.3 is 0 Å². The van der Waals surface area contributed by atoms with Crippen LogP contribution < -0.4 is 0 Å². The molecule has 0 nitrogen and oxygen atoms in total. The van der Waals surface area contributed by atoms with Crippen LogP contribution in [0.4, 0.5) is 4.39 Å². The van der Waals surface area contributed by atoms with Crippen molar-refractivity contribution in [3.63, 3.8) is 0 Å². The topological polar surface area (TPSA) is 0 Å². The summed E-state index contributed by atoms with van der Waals surface area (Å²) in [5, 5.41) is 0. The summed E-state index contributed by atoms with van der Waals surface area (Å²) < 4.78 is 13.7. The minimum Gasteiger partial charge on any atom is -0.242 e. The van der Waals surface area contributed by atoms with Crippen LogP contribution in [0.2, 0.25) is 0 Å². The van der Waals surface area contributed by atoms with Gasteiger partial charge in [-0.05, 0) is 48.4 Å². The summed E-state index contributed by atoms with van der Waals surface area (Å²) in [4.78, 5) is 0. The van der Waals surface area contributed by atoms with Gasteiger partial charge in [-0.15, -0.1) is 0 Å². The highest BCUT2D eigenvalue weighted by Gasteiger charge is 2.13. The van der Waals surface area contributed by atoms with E-state index in [9.17, 15) is 4.39 Å². The molecule has 0 aromatic heterocycles. The van der Waals surface area contributed by atoms with E-state index in [1.807, 2.05) is 19.9 Å². The zero-order valence-corrected chi connectivity index (χ0v) is 10.4. The lowest BCUT2D eigenvalue weighted by Gasteiger charge is -2.16. The molecule has 1 aromatic carbocycles. The van der Waals surface area contributed by atoms with Crippen molar-refractivity contribution in [3.05, 3.63) is 34.4 Å². The molecule has 1 heteroatoms. The summed E-state index contributed by atoms with van der Waals surface area (Å²) in [6, 6.07) is 4.20. The van der Waals surface area contributed by atoms with Crippen molar-refractivity contribution >= 4 is 0 Å². The maximum Gasteiger partial charge on any atom is 0.125 e. The Bertz CT molecular complexity index is 339. The lowest BCUT2D eigenvalue weighted by molar-refractivity contribution is 0.333. The van der Waals surface area contributed by atoms with E-state index in [1.165, 1.54) is 11.1 Å². The first-order chi connectivity index (χ1) is 6.97. The highest BCUT2D eigenvalue weighted by molar-refractivity contribution is 5.40. The second-order valence-corrected chi connectivity index (χ2v) is 4.58. The van der Waals surface area contributed by atoms with Crippen LogP contribution in [0.15, 0.2) is 12.1 Å². The average molecular weight is 208 g/mol. The van der Waals surface area contributed by atoms with Crippen molar-refractivity contribution in [2.75, 3.05) is 0 Å². The lowest BCUT2D eigenvalue weighted by Crippen LogP contribution is -2.00. The Balaban J connectivity index is 3.25. The van der Waals surface area contributed by atoms with Crippen molar-refractivity contribution in [1.29, 1.82) is 0 Å². The van der Waals surface area contributed by atoms with Gasteiger partial charge in [-0.25, -0.2) is 4.39 Å². The molecule has 1 aromatic rings. The van der Waals surface area contributed by atoms with Gasteiger partial charge in [-0.1, -0.05) is 32.9 Å². The molecule has 0 saturated carbocycles. The molecule has 1 rings (SSSR count). The second-order valence-electron chi connectivity index (χ2n) is 4.58. The van der Waals surface area contributed by atoms with Crippen LogP contribution >= 0.6 is 0 Å². The Hall–Kier alpha value is -0.850. The Labute approximate surface area is 92.5 Å². The van der Waals surface area contributed by atoms with Gasteiger partial charge in [-0.2, -0.15) is 0 Å². The lowest BCUT2D eigenvalue weighted by atomic mass is 9.91. The van der Waals surface area contributed by atoms with Crippen molar-refractivity contribution < 1.29 is 4.39 Å². The molecule has 0 fully saturated rings. The largest absolute Gasteiger partial charge is 0.242 e. The number of halogens is 1. The first kappa shape index (κ1) is 12.2. The number of alkyl halides is 1. The van der Waals surface area contributed by atoms with E-state index >= 15 is 0 Å². The molecule has 1 atom stereocenters. The molecule has 15 heavy (non-hydrogen) atoms. The summed E-state index contributed by atoms with van der Waals surface area (Å²) in [7, 11) is 0. The number of benzene rings is 1. The second kappa shape index (κ2) is 4.78. The third kappa shape index (κ3) is 2.58. The Morgan fingerprint density at radius 3 is 2.27 bits per heavy atom. The molecule has 0 N–H and O–H groups in total. The van der Waals surface area contributed by atoms with E-state index in [2.05, 4.69) is 26.8 Å². The minimum atomic E-state index is -0.817. The quantitative estimate of drug-likeness (QED) is 0.666. The van der Waals surface area contributed by atoms with Crippen LogP contribution in [0, 0.1) is 13.8 Å². The standard InChI is InChI=1S/C14H21F/c1-6-14(15)13-8-12(9(2)3)7-10(4)11(13)5/h7-9,14H,6H2,1-5H3. The van der Waals surface area contributed by atoms with Gasteiger partial charge in [0.15, 0.2) is 0 Å². The Morgan fingerprint density at radius 2 is 1.80 bits per heavy atom. The summed E-state index contributed by atoms with van der Waals surface area (Å²) in [5.41, 5.74) is 4.42. The molecule has 0 saturated heterocycles. The molecule has 0 radical (unpaired) electrons. The predicted molar refractivity (Wildman–Crippen MR) is 64.1 cm³/mol. The number of hydrogen-bond donors (Lipinski definition) is 0. The fourth-order valence-corrected chi connectivity index (χ4v) is 1.79. The third-order valence-corrected chi connectivity index (χ3v) is 3.09. The smallest absolute Gasteiger partial charge is 0.125 e. The fraction of sp³-hybridized carbons (Fsp3) is 0.571. The van der Waals surface area contributed by atoms with E-state index in [1.54, 1.807) is 0 Å². The molecular weight excluding hydrogens is 187 g/mol. The van der Waals surface area contributed by atoms with Crippen LogP contribution in [0.3, 0.4) is 0 Å². The molecule has 0 aliphatic carbocycles. The predicted octanol–water partition coefficient (Wildman–Crippen LogP) is 4.85. The summed E-state index contributed by atoms with van der Waals surface area (Å²) in [5.74, 6) is 0.465. The number of rotatable bonds is 3. The maximum absolute atomic E-state index is 13.7. The number of hydrogen-bond acceptors (Lipinski definition) is 0.